The van der Waals surface area contributed by atoms with E-state index in [1.54, 1.807) is 11.9 Å². The second-order valence-electron chi connectivity index (χ2n) is 5.68. The number of amides is 1. The van der Waals surface area contributed by atoms with Crippen molar-refractivity contribution in [2.24, 2.45) is 0 Å². The average Bonchev–Trinajstić information content (AvgIpc) is 2.49. The normalized spacial score (nSPS) is 19.2. The number of hydrogen-bond donors (Lipinski definition) is 1. The third-order valence-electron chi connectivity index (χ3n) is 4.21. The fourth-order valence-corrected chi connectivity index (χ4v) is 3.02. The fraction of sp³-hybridized carbons (Fsp3) is 0.235. The molecule has 2 atom stereocenters. The van der Waals surface area contributed by atoms with Gasteiger partial charge in [0.2, 0.25) is 5.91 Å². The predicted molar refractivity (Wildman–Crippen MR) is 85.2 cm³/mol. The van der Waals surface area contributed by atoms with E-state index >= 15 is 0 Å². The van der Waals surface area contributed by atoms with Gasteiger partial charge in [0.15, 0.2) is 0 Å². The lowest BCUT2D eigenvalue weighted by atomic mass is 9.83. The standard InChI is InChI=1S/C17H18BNO2/c1-19-15(20)9-12-7-8-13(18)10-14(12)16(19)17(21)11-5-3-2-4-6-11/h2-8,10,16-17,21H,9,18H2,1H3/t16-,17-/m1/s1. The van der Waals surface area contributed by atoms with Crippen LogP contribution in [-0.4, -0.2) is 30.8 Å². The first-order chi connectivity index (χ1) is 10.1. The molecule has 3 rings (SSSR count). The summed E-state index contributed by atoms with van der Waals surface area (Å²) < 4.78 is 0. The van der Waals surface area contributed by atoms with Crippen LogP contribution in [0.25, 0.3) is 0 Å². The molecule has 0 spiro atoms. The van der Waals surface area contributed by atoms with Crippen LogP contribution in [0.15, 0.2) is 48.5 Å². The molecule has 4 heteroatoms. The van der Waals surface area contributed by atoms with Crippen molar-refractivity contribution in [1.29, 1.82) is 0 Å². The van der Waals surface area contributed by atoms with Gasteiger partial charge in [-0.1, -0.05) is 54.0 Å². The van der Waals surface area contributed by atoms with E-state index in [0.717, 1.165) is 22.2 Å². The Labute approximate surface area is 125 Å². The maximum absolute atomic E-state index is 12.2. The van der Waals surface area contributed by atoms with E-state index in [-0.39, 0.29) is 11.9 Å². The number of carbonyl (C=O) groups excluding carboxylic acids is 1. The zero-order valence-electron chi connectivity index (χ0n) is 12.3. The largest absolute Gasteiger partial charge is 0.386 e. The molecule has 1 amide bonds. The molecule has 1 N–H and O–H groups in total. The lowest BCUT2D eigenvalue weighted by Crippen LogP contribution is -2.40. The summed E-state index contributed by atoms with van der Waals surface area (Å²) in [5, 5.41) is 10.8. The monoisotopic (exact) mass is 279 g/mol. The van der Waals surface area contributed by atoms with Crippen LogP contribution in [0.3, 0.4) is 0 Å². The Bertz CT molecular complexity index is 672. The number of fused-ring (bicyclic) bond motifs is 1. The summed E-state index contributed by atoms with van der Waals surface area (Å²) in [6.45, 7) is 0. The molecule has 0 saturated carbocycles. The van der Waals surface area contributed by atoms with Gasteiger partial charge >= 0.3 is 0 Å². The van der Waals surface area contributed by atoms with Crippen molar-refractivity contribution in [3.63, 3.8) is 0 Å². The summed E-state index contributed by atoms with van der Waals surface area (Å²) in [5.74, 6) is 0.0475. The van der Waals surface area contributed by atoms with Crippen LogP contribution < -0.4 is 5.46 Å². The van der Waals surface area contributed by atoms with Crippen molar-refractivity contribution in [3.8, 4) is 0 Å². The molecular formula is C17H18BNO2. The van der Waals surface area contributed by atoms with Gasteiger partial charge in [-0.25, -0.2) is 0 Å². The molecule has 21 heavy (non-hydrogen) atoms. The van der Waals surface area contributed by atoms with Gasteiger partial charge < -0.3 is 10.0 Å². The van der Waals surface area contributed by atoms with E-state index in [2.05, 4.69) is 6.07 Å². The molecule has 0 saturated heterocycles. The van der Waals surface area contributed by atoms with Crippen LogP contribution in [0, 0.1) is 0 Å². The zero-order valence-corrected chi connectivity index (χ0v) is 12.3. The molecule has 0 aromatic heterocycles. The molecule has 1 aliphatic heterocycles. The van der Waals surface area contributed by atoms with Crippen molar-refractivity contribution in [2.45, 2.75) is 18.6 Å². The van der Waals surface area contributed by atoms with Gasteiger partial charge in [0.1, 0.15) is 14.0 Å². The SMILES string of the molecule is Bc1ccc2c(c1)[C@H]([C@H](O)c1ccccc1)N(C)C(=O)C2. The molecule has 2 aromatic carbocycles. The van der Waals surface area contributed by atoms with Crippen LogP contribution >= 0.6 is 0 Å². The first kappa shape index (κ1) is 13.9. The number of aliphatic hydroxyl groups is 1. The van der Waals surface area contributed by atoms with Crippen molar-refractivity contribution in [2.75, 3.05) is 7.05 Å². The topological polar surface area (TPSA) is 40.5 Å². The van der Waals surface area contributed by atoms with Crippen molar-refractivity contribution >= 4 is 19.2 Å². The Morgan fingerprint density at radius 3 is 2.67 bits per heavy atom. The van der Waals surface area contributed by atoms with Crippen LogP contribution in [-0.2, 0) is 11.2 Å². The Hall–Kier alpha value is -2.07. The molecule has 0 bridgehead atoms. The molecule has 2 aromatic rings. The van der Waals surface area contributed by atoms with Gasteiger partial charge in [-0.05, 0) is 16.7 Å². The highest BCUT2D eigenvalue weighted by molar-refractivity contribution is 6.32. The van der Waals surface area contributed by atoms with E-state index in [4.69, 9.17) is 0 Å². The van der Waals surface area contributed by atoms with Crippen LogP contribution in [0.1, 0.15) is 28.8 Å². The van der Waals surface area contributed by atoms with Gasteiger partial charge in [0.25, 0.3) is 0 Å². The van der Waals surface area contributed by atoms with E-state index in [9.17, 15) is 9.90 Å². The second kappa shape index (κ2) is 5.37. The van der Waals surface area contributed by atoms with Crippen molar-refractivity contribution < 1.29 is 9.90 Å². The zero-order chi connectivity index (χ0) is 15.0. The predicted octanol–water partition coefficient (Wildman–Crippen LogP) is 0.734. The van der Waals surface area contributed by atoms with E-state index in [1.807, 2.05) is 50.3 Å². The summed E-state index contributed by atoms with van der Waals surface area (Å²) in [7, 11) is 3.80. The fourth-order valence-electron chi connectivity index (χ4n) is 3.02. The Morgan fingerprint density at radius 2 is 1.95 bits per heavy atom. The molecule has 3 nitrogen and oxygen atoms in total. The maximum Gasteiger partial charge on any atom is 0.227 e. The molecule has 0 radical (unpaired) electrons. The Morgan fingerprint density at radius 1 is 1.24 bits per heavy atom. The molecule has 0 aliphatic carbocycles. The maximum atomic E-state index is 12.2. The smallest absolute Gasteiger partial charge is 0.227 e. The van der Waals surface area contributed by atoms with E-state index in [0.29, 0.717) is 6.42 Å². The molecule has 106 valence electrons. The first-order valence-electron chi connectivity index (χ1n) is 7.16. The van der Waals surface area contributed by atoms with Gasteiger partial charge in [0.05, 0.1) is 12.5 Å². The number of hydrogen-bond acceptors (Lipinski definition) is 2. The minimum Gasteiger partial charge on any atom is -0.386 e. The minimum absolute atomic E-state index is 0.0475. The van der Waals surface area contributed by atoms with Gasteiger partial charge in [-0.3, -0.25) is 4.79 Å². The minimum atomic E-state index is -0.721. The summed E-state index contributed by atoms with van der Waals surface area (Å²) in [6.07, 6.45) is -0.314. The summed E-state index contributed by atoms with van der Waals surface area (Å²) >= 11 is 0. The third-order valence-corrected chi connectivity index (χ3v) is 4.21. The van der Waals surface area contributed by atoms with Crippen molar-refractivity contribution in [3.05, 3.63) is 65.2 Å². The number of nitrogens with zero attached hydrogens (tertiary/aromatic N) is 1. The lowest BCUT2D eigenvalue weighted by molar-refractivity contribution is -0.135. The first-order valence-corrected chi connectivity index (χ1v) is 7.16. The number of carbonyl (C=O) groups is 1. The van der Waals surface area contributed by atoms with Gasteiger partial charge in [-0.15, -0.1) is 0 Å². The summed E-state index contributed by atoms with van der Waals surface area (Å²) in [6, 6.07) is 15.3. The molecular weight excluding hydrogens is 261 g/mol. The number of likely N-dealkylation sites (N-methyl/N-ethyl adjacent to an activating group) is 1. The molecule has 1 heterocycles. The molecule has 1 aliphatic rings. The third kappa shape index (κ3) is 2.47. The summed E-state index contributed by atoms with van der Waals surface area (Å²) in [4.78, 5) is 13.9. The van der Waals surface area contributed by atoms with Gasteiger partial charge in [-0.2, -0.15) is 0 Å². The van der Waals surface area contributed by atoms with E-state index < -0.39 is 6.10 Å². The van der Waals surface area contributed by atoms with Crippen LogP contribution in [0.4, 0.5) is 0 Å². The number of benzene rings is 2. The highest BCUT2D eigenvalue weighted by atomic mass is 16.3. The summed E-state index contributed by atoms with van der Waals surface area (Å²) in [5.41, 5.74) is 4.04. The number of rotatable bonds is 2. The lowest BCUT2D eigenvalue weighted by Gasteiger charge is -2.37. The van der Waals surface area contributed by atoms with Crippen molar-refractivity contribution in [1.82, 2.24) is 4.90 Å². The second-order valence-corrected chi connectivity index (χ2v) is 5.68. The molecule has 0 fully saturated rings. The van der Waals surface area contributed by atoms with Crippen LogP contribution in [0.5, 0.6) is 0 Å². The average molecular weight is 279 g/mol. The highest BCUT2D eigenvalue weighted by Gasteiger charge is 2.35. The Balaban J connectivity index is 2.08. The highest BCUT2D eigenvalue weighted by Crippen LogP contribution is 2.38. The quantitative estimate of drug-likeness (QED) is 0.823. The van der Waals surface area contributed by atoms with Crippen LogP contribution in [0.2, 0.25) is 0 Å². The number of aliphatic hydroxyl groups excluding tert-OH is 1. The van der Waals surface area contributed by atoms with E-state index in [1.165, 1.54) is 0 Å². The Kier molecular flexibility index (Phi) is 3.56. The van der Waals surface area contributed by atoms with Gasteiger partial charge in [0, 0.05) is 7.05 Å². The molecule has 0 unspecified atom stereocenters.